The van der Waals surface area contributed by atoms with Crippen molar-refractivity contribution >= 4 is 17.7 Å². The quantitative estimate of drug-likeness (QED) is 0.885. The number of anilines is 2. The van der Waals surface area contributed by atoms with Crippen LogP contribution in [0.1, 0.15) is 21.0 Å². The maximum absolute atomic E-state index is 4.22. The molecule has 2 heterocycles. The fourth-order valence-corrected chi connectivity index (χ4v) is 1.16. The average Bonchev–Trinajstić information content (AvgIpc) is 2.77. The maximum Gasteiger partial charge on any atom is 0.227 e. The van der Waals surface area contributed by atoms with Crippen LogP contribution in [0.3, 0.4) is 0 Å². The van der Waals surface area contributed by atoms with Gasteiger partial charge in [-0.25, -0.2) is 9.97 Å². The lowest BCUT2D eigenvalue weighted by atomic mass is 10.4. The Kier molecular flexibility index (Phi) is 4.87. The predicted molar refractivity (Wildman–Crippen MR) is 72.1 cm³/mol. The standard InChI is InChI=1S/C10H11N5.C2H6.H2/c1-3-8-4-5-11-10(13-8)14-9-6-12-15(2)7-9;1-2;/h3-7H,1H2,2H3,(H,11,13,14);1-2H3;1H. The highest BCUT2D eigenvalue weighted by molar-refractivity contribution is 5.52. The van der Waals surface area contributed by atoms with E-state index in [-0.39, 0.29) is 1.43 Å². The van der Waals surface area contributed by atoms with Crippen molar-refractivity contribution in [1.82, 2.24) is 19.7 Å². The summed E-state index contributed by atoms with van der Waals surface area (Å²) in [5, 5.41) is 7.08. The highest BCUT2D eigenvalue weighted by Gasteiger charge is 1.99. The zero-order valence-electron chi connectivity index (χ0n) is 10.4. The van der Waals surface area contributed by atoms with Crippen LogP contribution in [0.2, 0.25) is 0 Å². The van der Waals surface area contributed by atoms with Crippen LogP contribution >= 0.6 is 0 Å². The SMILES string of the molecule is C=Cc1ccnc(Nc2cnn(C)c2)n1.CC.[HH]. The van der Waals surface area contributed by atoms with Crippen LogP contribution in [-0.2, 0) is 7.05 Å². The lowest BCUT2D eigenvalue weighted by Crippen LogP contribution is -1.96. The first kappa shape index (κ1) is 12.9. The van der Waals surface area contributed by atoms with Gasteiger partial charge in [0.1, 0.15) is 0 Å². The van der Waals surface area contributed by atoms with Gasteiger partial charge in [0.05, 0.1) is 17.6 Å². The van der Waals surface area contributed by atoms with Gasteiger partial charge >= 0.3 is 0 Å². The summed E-state index contributed by atoms with van der Waals surface area (Å²) in [6, 6.07) is 1.79. The number of aryl methyl sites for hydroxylation is 1. The van der Waals surface area contributed by atoms with E-state index in [9.17, 15) is 0 Å². The average molecular weight is 233 g/mol. The van der Waals surface area contributed by atoms with Crippen LogP contribution in [0.4, 0.5) is 11.6 Å². The van der Waals surface area contributed by atoms with Crippen LogP contribution in [-0.4, -0.2) is 19.7 Å². The summed E-state index contributed by atoms with van der Waals surface area (Å²) in [4.78, 5) is 8.30. The van der Waals surface area contributed by atoms with Gasteiger partial charge in [-0.3, -0.25) is 4.68 Å². The molecule has 2 aromatic heterocycles. The summed E-state index contributed by atoms with van der Waals surface area (Å²) in [6.45, 7) is 7.65. The first-order chi connectivity index (χ1) is 8.28. The third-order valence-corrected chi connectivity index (χ3v) is 1.85. The first-order valence-corrected chi connectivity index (χ1v) is 5.49. The highest BCUT2D eigenvalue weighted by atomic mass is 15.3. The Bertz CT molecular complexity index is 481. The van der Waals surface area contributed by atoms with E-state index in [0.717, 1.165) is 11.4 Å². The molecule has 5 nitrogen and oxygen atoms in total. The first-order valence-electron chi connectivity index (χ1n) is 5.49. The van der Waals surface area contributed by atoms with E-state index in [4.69, 9.17) is 0 Å². The minimum absolute atomic E-state index is 0. The van der Waals surface area contributed by atoms with Crippen LogP contribution < -0.4 is 5.32 Å². The highest BCUT2D eigenvalue weighted by Crippen LogP contribution is 2.10. The van der Waals surface area contributed by atoms with Gasteiger partial charge in [0, 0.05) is 20.9 Å². The lowest BCUT2D eigenvalue weighted by molar-refractivity contribution is 0.768. The molecule has 0 aliphatic rings. The second kappa shape index (κ2) is 6.42. The van der Waals surface area contributed by atoms with Crippen molar-refractivity contribution in [2.75, 3.05) is 5.32 Å². The van der Waals surface area contributed by atoms with E-state index in [0.29, 0.717) is 5.95 Å². The molecule has 0 spiro atoms. The molecular formula is C12H19N5. The number of aromatic nitrogens is 4. The van der Waals surface area contributed by atoms with Gasteiger partial charge in [0.2, 0.25) is 5.95 Å². The molecular weight excluding hydrogens is 214 g/mol. The molecule has 0 aliphatic heterocycles. The van der Waals surface area contributed by atoms with Crippen molar-refractivity contribution in [2.24, 2.45) is 7.05 Å². The Morgan fingerprint density at radius 1 is 1.47 bits per heavy atom. The Balaban J connectivity index is 0.000000917. The number of hydrogen-bond acceptors (Lipinski definition) is 4. The monoisotopic (exact) mass is 233 g/mol. The lowest BCUT2D eigenvalue weighted by Gasteiger charge is -2.01. The van der Waals surface area contributed by atoms with Gasteiger partial charge in [0.15, 0.2) is 0 Å². The van der Waals surface area contributed by atoms with Crippen LogP contribution in [0.5, 0.6) is 0 Å². The topological polar surface area (TPSA) is 55.6 Å². The Labute approximate surface area is 103 Å². The molecule has 17 heavy (non-hydrogen) atoms. The molecule has 2 aromatic rings. The zero-order valence-corrected chi connectivity index (χ0v) is 10.4. The molecule has 0 saturated carbocycles. The minimum atomic E-state index is 0. The van der Waals surface area contributed by atoms with E-state index >= 15 is 0 Å². The second-order valence-electron chi connectivity index (χ2n) is 3.04. The van der Waals surface area contributed by atoms with E-state index in [1.807, 2.05) is 27.1 Å². The van der Waals surface area contributed by atoms with Gasteiger partial charge in [-0.15, -0.1) is 0 Å². The molecule has 1 N–H and O–H groups in total. The normalized spacial score (nSPS) is 9.12. The third kappa shape index (κ3) is 3.71. The molecule has 0 radical (unpaired) electrons. The molecule has 0 amide bonds. The Morgan fingerprint density at radius 3 is 2.82 bits per heavy atom. The fraction of sp³-hybridized carbons (Fsp3) is 0.250. The summed E-state index contributed by atoms with van der Waals surface area (Å²) in [7, 11) is 1.85. The molecule has 2 rings (SSSR count). The van der Waals surface area contributed by atoms with Crippen LogP contribution in [0, 0.1) is 0 Å². The second-order valence-corrected chi connectivity index (χ2v) is 3.04. The Hall–Kier alpha value is -2.17. The zero-order chi connectivity index (χ0) is 12.7. The minimum Gasteiger partial charge on any atom is -0.321 e. The molecule has 0 saturated heterocycles. The van der Waals surface area contributed by atoms with E-state index in [1.54, 1.807) is 29.2 Å². The van der Waals surface area contributed by atoms with Crippen molar-refractivity contribution < 1.29 is 1.43 Å². The summed E-state index contributed by atoms with van der Waals surface area (Å²) < 4.78 is 1.71. The van der Waals surface area contributed by atoms with Crippen LogP contribution in [0.15, 0.2) is 31.2 Å². The van der Waals surface area contributed by atoms with Gasteiger partial charge in [-0.2, -0.15) is 5.10 Å². The van der Waals surface area contributed by atoms with E-state index < -0.39 is 0 Å². The van der Waals surface area contributed by atoms with Crippen molar-refractivity contribution in [1.29, 1.82) is 0 Å². The van der Waals surface area contributed by atoms with Crippen molar-refractivity contribution in [3.05, 3.63) is 36.9 Å². The number of nitrogens with one attached hydrogen (secondary N) is 1. The van der Waals surface area contributed by atoms with Gasteiger partial charge in [0.25, 0.3) is 0 Å². The molecule has 0 atom stereocenters. The number of rotatable bonds is 3. The van der Waals surface area contributed by atoms with Crippen molar-refractivity contribution in [3.63, 3.8) is 0 Å². The van der Waals surface area contributed by atoms with Gasteiger partial charge in [-0.05, 0) is 12.1 Å². The third-order valence-electron chi connectivity index (χ3n) is 1.85. The molecule has 5 heteroatoms. The fourth-order valence-electron chi connectivity index (χ4n) is 1.16. The number of hydrogen-bond donors (Lipinski definition) is 1. The largest absolute Gasteiger partial charge is 0.321 e. The molecule has 0 aromatic carbocycles. The maximum atomic E-state index is 4.22. The molecule has 0 unspecified atom stereocenters. The smallest absolute Gasteiger partial charge is 0.227 e. The Morgan fingerprint density at radius 2 is 2.24 bits per heavy atom. The van der Waals surface area contributed by atoms with E-state index in [1.165, 1.54) is 0 Å². The summed E-state index contributed by atoms with van der Waals surface area (Å²) in [6.07, 6.45) is 6.92. The number of nitrogens with zero attached hydrogens (tertiary/aromatic N) is 4. The van der Waals surface area contributed by atoms with Crippen molar-refractivity contribution in [3.8, 4) is 0 Å². The summed E-state index contributed by atoms with van der Waals surface area (Å²) in [5.41, 5.74) is 1.65. The molecule has 92 valence electrons. The summed E-state index contributed by atoms with van der Waals surface area (Å²) >= 11 is 0. The molecule has 0 fully saturated rings. The molecule has 0 bridgehead atoms. The van der Waals surface area contributed by atoms with Gasteiger partial charge < -0.3 is 5.32 Å². The van der Waals surface area contributed by atoms with E-state index in [2.05, 4.69) is 27.0 Å². The summed E-state index contributed by atoms with van der Waals surface area (Å²) in [5.74, 6) is 0.542. The molecule has 0 aliphatic carbocycles. The van der Waals surface area contributed by atoms with Crippen molar-refractivity contribution in [2.45, 2.75) is 13.8 Å². The van der Waals surface area contributed by atoms with Gasteiger partial charge in [-0.1, -0.05) is 20.4 Å². The van der Waals surface area contributed by atoms with Crippen LogP contribution in [0.25, 0.3) is 6.08 Å². The predicted octanol–water partition coefficient (Wildman–Crippen LogP) is 2.87.